The Hall–Kier alpha value is -5.73. The molecule has 2 fully saturated rings. The van der Waals surface area contributed by atoms with Gasteiger partial charge < -0.3 is 20.1 Å². The summed E-state index contributed by atoms with van der Waals surface area (Å²) in [4.78, 5) is 52.1. The Morgan fingerprint density at radius 3 is 2.56 bits per heavy atom. The third-order valence-electron chi connectivity index (χ3n) is 10.0. The van der Waals surface area contributed by atoms with E-state index < -0.39 is 34.8 Å². The van der Waals surface area contributed by atoms with E-state index in [0.29, 0.717) is 43.6 Å². The maximum atomic E-state index is 14.6. The van der Waals surface area contributed by atoms with E-state index in [2.05, 4.69) is 25.5 Å². The quantitative estimate of drug-likeness (QED) is 0.225. The average Bonchev–Trinajstić information content (AvgIpc) is 3.57. The summed E-state index contributed by atoms with van der Waals surface area (Å²) in [6.07, 6.45) is 5.49. The van der Waals surface area contributed by atoms with Gasteiger partial charge in [0, 0.05) is 57.2 Å². The molecule has 6 aromatic rings. The Balaban J connectivity index is 1.10. The van der Waals surface area contributed by atoms with Gasteiger partial charge in [0.1, 0.15) is 28.7 Å². The van der Waals surface area contributed by atoms with Crippen LogP contribution in [0.15, 0.2) is 88.8 Å². The van der Waals surface area contributed by atoms with Crippen LogP contribution in [0.5, 0.6) is 5.75 Å². The van der Waals surface area contributed by atoms with Crippen molar-refractivity contribution in [3.8, 4) is 22.6 Å². The molecule has 8 rings (SSSR count). The van der Waals surface area contributed by atoms with Gasteiger partial charge in [0.05, 0.1) is 17.3 Å². The van der Waals surface area contributed by atoms with Crippen molar-refractivity contribution in [2.45, 2.75) is 44.3 Å². The Morgan fingerprint density at radius 2 is 1.75 bits per heavy atom. The van der Waals surface area contributed by atoms with E-state index in [-0.39, 0.29) is 28.5 Å². The first-order valence-corrected chi connectivity index (χ1v) is 17.4. The molecular formula is C38H36F2N8O4. The molecule has 0 radical (unpaired) electrons. The molecule has 52 heavy (non-hydrogen) atoms. The van der Waals surface area contributed by atoms with Gasteiger partial charge in [0.25, 0.3) is 11.5 Å². The second-order valence-electron chi connectivity index (χ2n) is 13.5. The van der Waals surface area contributed by atoms with Gasteiger partial charge in [-0.15, -0.1) is 0 Å². The van der Waals surface area contributed by atoms with Gasteiger partial charge in [-0.1, -0.05) is 18.2 Å². The zero-order valence-corrected chi connectivity index (χ0v) is 28.1. The number of nitrogens with zero attached hydrogens (tertiary/aromatic N) is 6. The molecule has 1 aliphatic carbocycles. The van der Waals surface area contributed by atoms with Crippen LogP contribution in [-0.4, -0.2) is 71.6 Å². The van der Waals surface area contributed by atoms with Gasteiger partial charge in [-0.05, 0) is 84.8 Å². The van der Waals surface area contributed by atoms with Crippen LogP contribution >= 0.6 is 0 Å². The van der Waals surface area contributed by atoms with E-state index >= 15 is 0 Å². The molecule has 1 aliphatic heterocycles. The SMILES string of the molecule is O=C(N[C@H]1CC[C@@H](n2c(=O)c3cc(F)cnc3n(-c3cccc(-c4ccc(O)cc4CN4CCNCC4)c3)c2=O)CC1)c1cn2cc(F)ccc2n1. The van der Waals surface area contributed by atoms with Crippen LogP contribution in [0.1, 0.15) is 47.8 Å². The smallest absolute Gasteiger partial charge is 0.337 e. The molecule has 1 amide bonds. The lowest BCUT2D eigenvalue weighted by atomic mass is 9.90. The maximum absolute atomic E-state index is 14.6. The minimum absolute atomic E-state index is 0.0206. The zero-order valence-electron chi connectivity index (χ0n) is 28.1. The molecule has 12 nitrogen and oxygen atoms in total. The van der Waals surface area contributed by atoms with Gasteiger partial charge in [-0.3, -0.25) is 19.1 Å². The lowest BCUT2D eigenvalue weighted by Gasteiger charge is -2.30. The number of pyridine rings is 2. The molecule has 4 aromatic heterocycles. The molecule has 1 saturated heterocycles. The fourth-order valence-electron chi connectivity index (χ4n) is 7.46. The zero-order chi connectivity index (χ0) is 35.9. The fourth-order valence-corrected chi connectivity index (χ4v) is 7.46. The van der Waals surface area contributed by atoms with Crippen molar-refractivity contribution < 1.29 is 18.7 Å². The molecule has 0 spiro atoms. The van der Waals surface area contributed by atoms with Gasteiger partial charge in [-0.2, -0.15) is 0 Å². The summed E-state index contributed by atoms with van der Waals surface area (Å²) in [5, 5.41) is 16.7. The van der Waals surface area contributed by atoms with E-state index in [1.807, 2.05) is 24.3 Å². The number of amides is 1. The molecule has 3 N–H and O–H groups in total. The number of carbonyl (C=O) groups excluding carboxylic acids is 1. The number of piperazine rings is 1. The monoisotopic (exact) mass is 706 g/mol. The van der Waals surface area contributed by atoms with Crippen molar-refractivity contribution in [1.29, 1.82) is 0 Å². The first-order valence-electron chi connectivity index (χ1n) is 17.4. The Bertz CT molecular complexity index is 2440. The Labute approximate surface area is 296 Å². The molecule has 2 aliphatic rings. The number of hydrogen-bond acceptors (Lipinski definition) is 8. The number of halogens is 2. The van der Waals surface area contributed by atoms with Crippen LogP contribution in [-0.2, 0) is 6.54 Å². The third-order valence-corrected chi connectivity index (χ3v) is 10.0. The minimum atomic E-state index is -0.696. The number of carbonyl (C=O) groups is 1. The van der Waals surface area contributed by atoms with E-state index in [0.717, 1.165) is 55.1 Å². The molecule has 0 atom stereocenters. The molecule has 0 bridgehead atoms. The molecule has 1 saturated carbocycles. The highest BCUT2D eigenvalue weighted by Crippen LogP contribution is 2.31. The average molecular weight is 707 g/mol. The Kier molecular flexibility index (Phi) is 8.85. The van der Waals surface area contributed by atoms with Crippen LogP contribution in [0.3, 0.4) is 0 Å². The van der Waals surface area contributed by atoms with Crippen LogP contribution < -0.4 is 21.9 Å². The summed E-state index contributed by atoms with van der Waals surface area (Å²) in [6, 6.07) is 15.7. The highest BCUT2D eigenvalue weighted by Gasteiger charge is 2.29. The summed E-state index contributed by atoms with van der Waals surface area (Å²) in [7, 11) is 0. The third kappa shape index (κ3) is 6.46. The number of aromatic nitrogens is 5. The number of aromatic hydroxyl groups is 1. The van der Waals surface area contributed by atoms with Crippen molar-refractivity contribution in [2.75, 3.05) is 26.2 Å². The first-order chi connectivity index (χ1) is 25.2. The topological polar surface area (TPSA) is 139 Å². The van der Waals surface area contributed by atoms with E-state index in [1.165, 1.54) is 38.1 Å². The maximum Gasteiger partial charge on any atom is 0.337 e. The second kappa shape index (κ2) is 13.8. The number of phenols is 1. The number of nitrogens with one attached hydrogen (secondary N) is 2. The lowest BCUT2D eigenvalue weighted by Crippen LogP contribution is -2.45. The van der Waals surface area contributed by atoms with E-state index in [1.54, 1.807) is 18.2 Å². The van der Waals surface area contributed by atoms with Gasteiger partial charge in [-0.25, -0.2) is 28.1 Å². The van der Waals surface area contributed by atoms with Crippen molar-refractivity contribution in [3.05, 3.63) is 123 Å². The minimum Gasteiger partial charge on any atom is -0.508 e. The number of imidazole rings is 1. The van der Waals surface area contributed by atoms with Crippen molar-refractivity contribution in [1.82, 2.24) is 39.0 Å². The standard InChI is InChI=1S/C38H36F2N8O4/c39-25-4-11-34-44-33(22-46(34)21-25)36(50)43-27-5-7-28(8-6-27)48-37(51)32-18-26(40)19-42-35(32)47(38(48)52)29-3-1-2-23(16-29)31-10-9-30(49)17-24(31)20-45-14-12-41-13-15-45/h1-4,9-11,16-19,21-22,27-28,41,49H,5-8,12-15,20H2,(H,43,50)/t27-,28+. The first kappa shape index (κ1) is 33.4. The van der Waals surface area contributed by atoms with Crippen molar-refractivity contribution in [3.63, 3.8) is 0 Å². The van der Waals surface area contributed by atoms with Crippen LogP contribution in [0.25, 0.3) is 33.5 Å². The molecule has 266 valence electrons. The normalized spacial score (nSPS) is 18.2. The van der Waals surface area contributed by atoms with E-state index in [9.17, 15) is 28.3 Å². The van der Waals surface area contributed by atoms with Crippen molar-refractivity contribution >= 4 is 22.6 Å². The largest absolute Gasteiger partial charge is 0.508 e. The highest BCUT2D eigenvalue weighted by molar-refractivity contribution is 5.93. The highest BCUT2D eigenvalue weighted by atomic mass is 19.1. The van der Waals surface area contributed by atoms with Gasteiger partial charge >= 0.3 is 5.69 Å². The number of hydrogen-bond donors (Lipinski definition) is 3. The number of benzene rings is 2. The Morgan fingerprint density at radius 1 is 0.942 bits per heavy atom. The number of phenolic OH excluding ortho intramolecular Hbond substituents is 1. The summed E-state index contributed by atoms with van der Waals surface area (Å²) < 4.78 is 32.2. The number of rotatable bonds is 7. The van der Waals surface area contributed by atoms with Crippen LogP contribution in [0.2, 0.25) is 0 Å². The summed E-state index contributed by atoms with van der Waals surface area (Å²) in [5.41, 5.74) is 2.50. The molecule has 2 aromatic carbocycles. The van der Waals surface area contributed by atoms with E-state index in [4.69, 9.17) is 0 Å². The van der Waals surface area contributed by atoms with Crippen LogP contribution in [0, 0.1) is 11.6 Å². The molecule has 5 heterocycles. The predicted molar refractivity (Wildman–Crippen MR) is 191 cm³/mol. The number of fused-ring (bicyclic) bond motifs is 2. The second-order valence-corrected chi connectivity index (χ2v) is 13.5. The fraction of sp³-hybridized carbons (Fsp3) is 0.289. The molecule has 0 unspecified atom stereocenters. The van der Waals surface area contributed by atoms with Gasteiger partial charge in [0.2, 0.25) is 0 Å². The van der Waals surface area contributed by atoms with Gasteiger partial charge in [0.15, 0.2) is 5.65 Å². The van der Waals surface area contributed by atoms with Crippen LogP contribution in [0.4, 0.5) is 8.78 Å². The summed E-state index contributed by atoms with van der Waals surface area (Å²) in [6.45, 7) is 4.14. The van der Waals surface area contributed by atoms with Crippen molar-refractivity contribution in [2.24, 2.45) is 0 Å². The molecule has 14 heteroatoms. The summed E-state index contributed by atoms with van der Waals surface area (Å²) >= 11 is 0. The summed E-state index contributed by atoms with van der Waals surface area (Å²) in [5.74, 6) is -1.38. The predicted octanol–water partition coefficient (Wildman–Crippen LogP) is 4.16. The lowest BCUT2D eigenvalue weighted by molar-refractivity contribution is 0.0917. The molecular weight excluding hydrogens is 670 g/mol.